The van der Waals surface area contributed by atoms with Gasteiger partial charge in [0.05, 0.1) is 6.10 Å². The highest BCUT2D eigenvalue weighted by Crippen LogP contribution is 2.31. The molecule has 2 atom stereocenters. The fraction of sp³-hybridized carbons (Fsp3) is 1.00. The Morgan fingerprint density at radius 3 is 2.50 bits per heavy atom. The second kappa shape index (κ2) is 4.86. The summed E-state index contributed by atoms with van der Waals surface area (Å²) in [6, 6.07) is 1.53. The zero-order chi connectivity index (χ0) is 9.97. The molecule has 0 aliphatic heterocycles. The molecule has 0 aromatic rings. The molecule has 2 unspecified atom stereocenters. The summed E-state index contributed by atoms with van der Waals surface area (Å²) in [5.41, 5.74) is 0. The second-order valence-corrected chi connectivity index (χ2v) is 5.70. The Morgan fingerprint density at radius 2 is 1.93 bits per heavy atom. The Kier molecular flexibility index (Phi) is 3.74. The minimum absolute atomic E-state index is 0.533. The van der Waals surface area contributed by atoms with Crippen molar-refractivity contribution >= 4 is 11.8 Å². The summed E-state index contributed by atoms with van der Waals surface area (Å²) in [5.74, 6) is 0. The molecule has 0 heterocycles. The molecule has 0 radical (unpaired) electrons. The highest BCUT2D eigenvalue weighted by atomic mass is 32.2. The number of thioether (sulfide) groups is 1. The van der Waals surface area contributed by atoms with Gasteiger partial charge in [0.1, 0.15) is 0 Å². The normalized spacial score (nSPS) is 42.4. The lowest BCUT2D eigenvalue weighted by molar-refractivity contribution is 0.0144. The van der Waals surface area contributed by atoms with Crippen molar-refractivity contribution in [2.45, 2.75) is 55.5 Å². The SMILES string of the molecule is COC1CC(NC2CCC(SC)C2)C1. The van der Waals surface area contributed by atoms with Crippen molar-refractivity contribution in [2.75, 3.05) is 13.4 Å². The van der Waals surface area contributed by atoms with Gasteiger partial charge in [-0.25, -0.2) is 0 Å². The fourth-order valence-corrected chi connectivity index (χ4v) is 3.33. The number of ether oxygens (including phenoxy) is 1. The molecule has 0 amide bonds. The zero-order valence-corrected chi connectivity index (χ0v) is 9.98. The molecule has 2 rings (SSSR count). The molecule has 2 nitrogen and oxygen atoms in total. The molecule has 2 fully saturated rings. The summed E-state index contributed by atoms with van der Waals surface area (Å²) in [4.78, 5) is 0. The zero-order valence-electron chi connectivity index (χ0n) is 9.16. The molecule has 1 N–H and O–H groups in total. The maximum atomic E-state index is 5.28. The summed E-state index contributed by atoms with van der Waals surface area (Å²) < 4.78 is 5.28. The highest BCUT2D eigenvalue weighted by molar-refractivity contribution is 7.99. The van der Waals surface area contributed by atoms with Crippen LogP contribution in [0.1, 0.15) is 32.1 Å². The van der Waals surface area contributed by atoms with Crippen molar-refractivity contribution in [3.63, 3.8) is 0 Å². The van der Waals surface area contributed by atoms with Gasteiger partial charge < -0.3 is 10.1 Å². The molecule has 82 valence electrons. The van der Waals surface area contributed by atoms with E-state index in [1.54, 1.807) is 0 Å². The van der Waals surface area contributed by atoms with Gasteiger partial charge in [-0.2, -0.15) is 11.8 Å². The number of methoxy groups -OCH3 is 1. The first-order valence-corrected chi connectivity index (χ1v) is 6.92. The van der Waals surface area contributed by atoms with Crippen molar-refractivity contribution in [1.29, 1.82) is 0 Å². The molecule has 2 aliphatic rings. The van der Waals surface area contributed by atoms with Gasteiger partial charge in [0.2, 0.25) is 0 Å². The van der Waals surface area contributed by atoms with Gasteiger partial charge in [0.15, 0.2) is 0 Å². The van der Waals surface area contributed by atoms with Crippen LogP contribution in [0.5, 0.6) is 0 Å². The van der Waals surface area contributed by atoms with Crippen LogP contribution in [-0.2, 0) is 4.74 Å². The Balaban J connectivity index is 1.63. The Labute approximate surface area is 91.2 Å². The first-order valence-electron chi connectivity index (χ1n) is 5.63. The minimum atomic E-state index is 0.533. The third kappa shape index (κ3) is 2.44. The Bertz CT molecular complexity index is 182. The van der Waals surface area contributed by atoms with E-state index in [0.717, 1.165) is 17.3 Å². The van der Waals surface area contributed by atoms with Gasteiger partial charge in [-0.3, -0.25) is 0 Å². The molecular weight excluding hydrogens is 194 g/mol. The second-order valence-electron chi connectivity index (χ2n) is 4.56. The van der Waals surface area contributed by atoms with E-state index in [4.69, 9.17) is 4.74 Å². The van der Waals surface area contributed by atoms with Crippen molar-refractivity contribution in [3.8, 4) is 0 Å². The predicted octanol–water partition coefficient (Wildman–Crippen LogP) is 2.04. The maximum absolute atomic E-state index is 5.28. The molecular formula is C11H21NOS. The van der Waals surface area contributed by atoms with E-state index in [2.05, 4.69) is 11.6 Å². The number of hydrogen-bond donors (Lipinski definition) is 1. The van der Waals surface area contributed by atoms with Gasteiger partial charge in [-0.15, -0.1) is 0 Å². The average molecular weight is 215 g/mol. The van der Waals surface area contributed by atoms with E-state index in [1.165, 1.54) is 32.1 Å². The van der Waals surface area contributed by atoms with E-state index in [-0.39, 0.29) is 0 Å². The topological polar surface area (TPSA) is 21.3 Å². The smallest absolute Gasteiger partial charge is 0.0601 e. The van der Waals surface area contributed by atoms with Crippen LogP contribution in [0.3, 0.4) is 0 Å². The number of rotatable bonds is 4. The predicted molar refractivity (Wildman–Crippen MR) is 61.9 cm³/mol. The first-order chi connectivity index (χ1) is 6.81. The van der Waals surface area contributed by atoms with E-state index in [1.807, 2.05) is 18.9 Å². The molecule has 0 aromatic heterocycles. The molecule has 0 saturated heterocycles. The average Bonchev–Trinajstić information content (AvgIpc) is 2.58. The lowest BCUT2D eigenvalue weighted by Crippen LogP contribution is -2.48. The van der Waals surface area contributed by atoms with E-state index in [9.17, 15) is 0 Å². The van der Waals surface area contributed by atoms with Crippen molar-refractivity contribution < 1.29 is 4.74 Å². The standard InChI is InChI=1S/C11H21NOS/c1-13-10-5-9(6-10)12-8-3-4-11(7-8)14-2/h8-12H,3-7H2,1-2H3. The minimum Gasteiger partial charge on any atom is -0.381 e. The van der Waals surface area contributed by atoms with Gasteiger partial charge in [-0.05, 0) is 38.4 Å². The lowest BCUT2D eigenvalue weighted by Gasteiger charge is -2.36. The number of hydrogen-bond acceptors (Lipinski definition) is 3. The summed E-state index contributed by atoms with van der Waals surface area (Å²) in [6.45, 7) is 0. The highest BCUT2D eigenvalue weighted by Gasteiger charge is 2.32. The van der Waals surface area contributed by atoms with E-state index in [0.29, 0.717) is 6.10 Å². The van der Waals surface area contributed by atoms with Crippen molar-refractivity contribution in [1.82, 2.24) is 5.32 Å². The summed E-state index contributed by atoms with van der Waals surface area (Å²) in [6.07, 6.45) is 9.35. The molecule has 14 heavy (non-hydrogen) atoms. The maximum Gasteiger partial charge on any atom is 0.0601 e. The van der Waals surface area contributed by atoms with Crippen LogP contribution >= 0.6 is 11.8 Å². The molecule has 3 heteroatoms. The molecule has 0 aromatic carbocycles. The monoisotopic (exact) mass is 215 g/mol. The van der Waals surface area contributed by atoms with Crippen LogP contribution in [0, 0.1) is 0 Å². The molecule has 2 aliphatic carbocycles. The fourth-order valence-electron chi connectivity index (χ4n) is 2.53. The first kappa shape index (κ1) is 10.8. The third-order valence-corrected chi connectivity index (χ3v) is 4.71. The van der Waals surface area contributed by atoms with Crippen LogP contribution in [-0.4, -0.2) is 36.8 Å². The molecule has 0 spiro atoms. The number of nitrogens with one attached hydrogen (secondary N) is 1. The Morgan fingerprint density at radius 1 is 1.14 bits per heavy atom. The summed E-state index contributed by atoms with van der Waals surface area (Å²) in [7, 11) is 1.82. The quantitative estimate of drug-likeness (QED) is 0.775. The van der Waals surface area contributed by atoms with Crippen molar-refractivity contribution in [2.24, 2.45) is 0 Å². The third-order valence-electron chi connectivity index (χ3n) is 3.62. The van der Waals surface area contributed by atoms with E-state index >= 15 is 0 Å². The van der Waals surface area contributed by atoms with Crippen molar-refractivity contribution in [3.05, 3.63) is 0 Å². The van der Waals surface area contributed by atoms with Crippen LogP contribution in [0.4, 0.5) is 0 Å². The molecule has 0 bridgehead atoms. The largest absolute Gasteiger partial charge is 0.381 e. The van der Waals surface area contributed by atoms with Gasteiger partial charge in [0, 0.05) is 24.4 Å². The van der Waals surface area contributed by atoms with Crippen LogP contribution in [0.15, 0.2) is 0 Å². The Hall–Kier alpha value is 0.270. The summed E-state index contributed by atoms with van der Waals surface area (Å²) >= 11 is 2.03. The molecule has 2 saturated carbocycles. The van der Waals surface area contributed by atoms with Crippen LogP contribution in [0.25, 0.3) is 0 Å². The van der Waals surface area contributed by atoms with Gasteiger partial charge in [-0.1, -0.05) is 0 Å². The van der Waals surface area contributed by atoms with Gasteiger partial charge in [0.25, 0.3) is 0 Å². The summed E-state index contributed by atoms with van der Waals surface area (Å²) in [5, 5.41) is 4.66. The van der Waals surface area contributed by atoms with E-state index < -0.39 is 0 Å². The van der Waals surface area contributed by atoms with Crippen LogP contribution < -0.4 is 5.32 Å². The lowest BCUT2D eigenvalue weighted by atomic mass is 9.88. The van der Waals surface area contributed by atoms with Crippen LogP contribution in [0.2, 0.25) is 0 Å². The van der Waals surface area contributed by atoms with Gasteiger partial charge >= 0.3 is 0 Å².